The molecule has 1 unspecified atom stereocenters. The first kappa shape index (κ1) is 17.7. The Kier molecular flexibility index (Phi) is 4.26. The fourth-order valence-corrected chi connectivity index (χ4v) is 3.20. The zero-order chi connectivity index (χ0) is 19.8. The van der Waals surface area contributed by atoms with E-state index >= 15 is 0 Å². The van der Waals surface area contributed by atoms with Crippen molar-refractivity contribution in [1.82, 2.24) is 9.55 Å². The van der Waals surface area contributed by atoms with E-state index in [4.69, 9.17) is 4.74 Å². The number of allylic oxidation sites excluding steroid dienone is 1. The number of nitro groups is 1. The van der Waals surface area contributed by atoms with Crippen molar-refractivity contribution in [3.8, 4) is 5.75 Å². The second-order valence-corrected chi connectivity index (χ2v) is 6.20. The zero-order valence-electron chi connectivity index (χ0n) is 15.1. The maximum absolute atomic E-state index is 14.0. The van der Waals surface area contributed by atoms with Crippen LogP contribution >= 0.6 is 0 Å². The molecule has 0 bridgehead atoms. The third-order valence-electron chi connectivity index (χ3n) is 4.50. The number of hydrogen-bond donors (Lipinski definition) is 0. The summed E-state index contributed by atoms with van der Waals surface area (Å²) < 4.78 is 20.9. The first-order chi connectivity index (χ1) is 13.5. The minimum Gasteiger partial charge on any atom is -0.497 e. The van der Waals surface area contributed by atoms with Gasteiger partial charge in [0.2, 0.25) is 6.29 Å². The summed E-state index contributed by atoms with van der Waals surface area (Å²) in [6.07, 6.45) is 1.79. The van der Waals surface area contributed by atoms with Crippen molar-refractivity contribution < 1.29 is 14.1 Å². The molecule has 0 amide bonds. The predicted molar refractivity (Wildman–Crippen MR) is 103 cm³/mol. The Balaban J connectivity index is 1.85. The van der Waals surface area contributed by atoms with Gasteiger partial charge in [0, 0.05) is 24.0 Å². The molecule has 3 aromatic rings. The summed E-state index contributed by atoms with van der Waals surface area (Å²) in [7, 11) is 1.57. The number of benzene rings is 2. The number of imidazole rings is 1. The van der Waals surface area contributed by atoms with Gasteiger partial charge in [-0.05, 0) is 37.3 Å². The topological polar surface area (TPSA) is 85.8 Å². The average Bonchev–Trinajstić information content (AvgIpc) is 3.03. The Hall–Kier alpha value is -3.75. The first-order valence-electron chi connectivity index (χ1n) is 8.44. The number of hydrogen-bond acceptors (Lipinski definition) is 6. The SMILES string of the molecule is COc1ccc(N2C=C(F)C=NC2n2c(C)nc3ccc([N+](=O)[O-])cc32)cc1. The van der Waals surface area contributed by atoms with Gasteiger partial charge in [0.05, 0.1) is 29.3 Å². The minimum absolute atomic E-state index is 0.0499. The van der Waals surface area contributed by atoms with Gasteiger partial charge >= 0.3 is 0 Å². The Bertz CT molecular complexity index is 1120. The second kappa shape index (κ2) is 6.76. The van der Waals surface area contributed by atoms with Crippen molar-refractivity contribution in [2.75, 3.05) is 12.0 Å². The van der Waals surface area contributed by atoms with Gasteiger partial charge in [0.25, 0.3) is 5.69 Å². The van der Waals surface area contributed by atoms with E-state index in [2.05, 4.69) is 9.98 Å². The lowest BCUT2D eigenvalue weighted by atomic mass is 10.2. The number of nitro benzene ring substituents is 1. The van der Waals surface area contributed by atoms with E-state index in [9.17, 15) is 14.5 Å². The molecule has 1 atom stereocenters. The molecule has 0 saturated heterocycles. The number of non-ortho nitro benzene ring substituents is 1. The lowest BCUT2D eigenvalue weighted by Gasteiger charge is -2.31. The molecule has 28 heavy (non-hydrogen) atoms. The summed E-state index contributed by atoms with van der Waals surface area (Å²) in [5.41, 5.74) is 1.78. The van der Waals surface area contributed by atoms with Crippen LogP contribution in [0.5, 0.6) is 5.75 Å². The maximum Gasteiger partial charge on any atom is 0.271 e. The number of halogens is 1. The van der Waals surface area contributed by atoms with Crippen LogP contribution in [0.25, 0.3) is 11.0 Å². The van der Waals surface area contributed by atoms with Crippen LogP contribution < -0.4 is 9.64 Å². The lowest BCUT2D eigenvalue weighted by Crippen LogP contribution is -2.30. The summed E-state index contributed by atoms with van der Waals surface area (Å²) in [5, 5.41) is 11.2. The predicted octanol–water partition coefficient (Wildman–Crippen LogP) is 4.12. The van der Waals surface area contributed by atoms with Crippen LogP contribution in [0.2, 0.25) is 0 Å². The summed E-state index contributed by atoms with van der Waals surface area (Å²) >= 11 is 0. The van der Waals surface area contributed by atoms with Crippen LogP contribution in [-0.2, 0) is 0 Å². The minimum atomic E-state index is -0.681. The molecule has 2 heterocycles. The molecule has 8 nitrogen and oxygen atoms in total. The molecule has 0 N–H and O–H groups in total. The Morgan fingerprint density at radius 1 is 1.21 bits per heavy atom. The van der Waals surface area contributed by atoms with Crippen LogP contribution in [0.3, 0.4) is 0 Å². The molecule has 9 heteroatoms. The van der Waals surface area contributed by atoms with E-state index in [0.717, 1.165) is 6.21 Å². The molecular weight excluding hydrogens is 365 g/mol. The van der Waals surface area contributed by atoms with E-state index in [1.165, 1.54) is 18.3 Å². The van der Waals surface area contributed by atoms with Crippen molar-refractivity contribution in [1.29, 1.82) is 0 Å². The standard InChI is InChI=1S/C19H16FN5O3/c1-12-22-17-8-5-15(25(26)27)9-18(17)24(12)19-21-10-13(20)11-23(19)14-3-6-16(28-2)7-4-14/h3-11,19H,1-2H3. The molecule has 1 aromatic heterocycles. The van der Waals surface area contributed by atoms with Crippen LogP contribution in [0, 0.1) is 17.0 Å². The van der Waals surface area contributed by atoms with Crippen molar-refractivity contribution >= 4 is 28.6 Å². The number of aliphatic imine (C=N–C) groups is 1. The Morgan fingerprint density at radius 3 is 2.64 bits per heavy atom. The van der Waals surface area contributed by atoms with Gasteiger partial charge in [0.1, 0.15) is 11.6 Å². The molecule has 0 aliphatic carbocycles. The fourth-order valence-electron chi connectivity index (χ4n) is 3.20. The smallest absolute Gasteiger partial charge is 0.271 e. The number of nitrogens with zero attached hydrogens (tertiary/aromatic N) is 5. The largest absolute Gasteiger partial charge is 0.497 e. The number of ether oxygens (including phenoxy) is 1. The monoisotopic (exact) mass is 381 g/mol. The molecule has 0 spiro atoms. The second-order valence-electron chi connectivity index (χ2n) is 6.20. The molecule has 1 aliphatic rings. The highest BCUT2D eigenvalue weighted by molar-refractivity contribution is 5.81. The first-order valence-corrected chi connectivity index (χ1v) is 8.44. The number of aryl methyl sites for hydroxylation is 1. The van der Waals surface area contributed by atoms with Gasteiger partial charge in [-0.3, -0.25) is 14.7 Å². The summed E-state index contributed by atoms with van der Waals surface area (Å²) in [6, 6.07) is 11.6. The fraction of sp³-hybridized carbons (Fsp3) is 0.158. The van der Waals surface area contributed by atoms with E-state index in [1.54, 1.807) is 53.8 Å². The van der Waals surface area contributed by atoms with Crippen molar-refractivity contribution in [3.05, 3.63) is 70.4 Å². The van der Waals surface area contributed by atoms with Gasteiger partial charge in [0.15, 0.2) is 5.83 Å². The number of methoxy groups -OCH3 is 1. The number of anilines is 1. The van der Waals surface area contributed by atoms with Gasteiger partial charge in [-0.1, -0.05) is 0 Å². The Morgan fingerprint density at radius 2 is 1.96 bits per heavy atom. The molecule has 4 rings (SSSR count). The van der Waals surface area contributed by atoms with Gasteiger partial charge in [-0.2, -0.15) is 0 Å². The van der Waals surface area contributed by atoms with E-state index in [1.807, 2.05) is 0 Å². The molecular formula is C19H16FN5O3. The number of aromatic nitrogens is 2. The highest BCUT2D eigenvalue weighted by atomic mass is 19.1. The van der Waals surface area contributed by atoms with E-state index < -0.39 is 17.0 Å². The third kappa shape index (κ3) is 2.96. The van der Waals surface area contributed by atoms with E-state index in [-0.39, 0.29) is 5.69 Å². The average molecular weight is 381 g/mol. The normalized spacial score (nSPS) is 16.3. The van der Waals surface area contributed by atoms with E-state index in [0.29, 0.717) is 28.3 Å². The number of fused-ring (bicyclic) bond motifs is 1. The Labute approximate surface area is 159 Å². The molecule has 0 fully saturated rings. The van der Waals surface area contributed by atoms with Crippen LogP contribution in [0.4, 0.5) is 15.8 Å². The summed E-state index contributed by atoms with van der Waals surface area (Å²) in [5.74, 6) is 0.775. The zero-order valence-corrected chi connectivity index (χ0v) is 15.1. The molecule has 0 saturated carbocycles. The van der Waals surface area contributed by atoms with Crippen LogP contribution in [0.15, 0.2) is 59.5 Å². The maximum atomic E-state index is 14.0. The van der Waals surface area contributed by atoms with Gasteiger partial charge in [-0.25, -0.2) is 14.4 Å². The van der Waals surface area contributed by atoms with Crippen molar-refractivity contribution in [2.24, 2.45) is 4.99 Å². The lowest BCUT2D eigenvalue weighted by molar-refractivity contribution is -0.384. The molecule has 2 aromatic carbocycles. The van der Waals surface area contributed by atoms with Crippen LogP contribution in [0.1, 0.15) is 12.1 Å². The molecule has 1 aliphatic heterocycles. The number of rotatable bonds is 4. The quantitative estimate of drug-likeness (QED) is 0.501. The van der Waals surface area contributed by atoms with Crippen molar-refractivity contribution in [3.63, 3.8) is 0 Å². The summed E-state index contributed by atoms with van der Waals surface area (Å²) in [6.45, 7) is 1.78. The van der Waals surface area contributed by atoms with Crippen molar-refractivity contribution in [2.45, 2.75) is 13.2 Å². The highest BCUT2D eigenvalue weighted by Gasteiger charge is 2.26. The molecule has 0 radical (unpaired) electrons. The highest BCUT2D eigenvalue weighted by Crippen LogP contribution is 2.33. The summed E-state index contributed by atoms with van der Waals surface area (Å²) in [4.78, 5) is 21.2. The third-order valence-corrected chi connectivity index (χ3v) is 4.50. The molecule has 142 valence electrons. The van der Waals surface area contributed by atoms with Gasteiger partial charge < -0.3 is 9.64 Å². The van der Waals surface area contributed by atoms with Gasteiger partial charge in [-0.15, -0.1) is 0 Å². The van der Waals surface area contributed by atoms with Crippen LogP contribution in [-0.4, -0.2) is 27.8 Å².